The van der Waals surface area contributed by atoms with Crippen LogP contribution in [0.4, 0.5) is 0 Å². The van der Waals surface area contributed by atoms with Crippen molar-refractivity contribution < 1.29 is 14.3 Å². The van der Waals surface area contributed by atoms with Gasteiger partial charge in [0.15, 0.2) is 6.10 Å². The lowest BCUT2D eigenvalue weighted by Crippen LogP contribution is -2.39. The van der Waals surface area contributed by atoms with Gasteiger partial charge >= 0.3 is 0 Å². The Kier molecular flexibility index (Phi) is 7.55. The van der Waals surface area contributed by atoms with Gasteiger partial charge in [-0.1, -0.05) is 57.5 Å². The summed E-state index contributed by atoms with van der Waals surface area (Å²) in [5, 5.41) is 3.43. The zero-order chi connectivity index (χ0) is 19.9. The average Bonchev–Trinajstić information content (AvgIpc) is 2.63. The van der Waals surface area contributed by atoms with Crippen molar-refractivity contribution in [2.75, 3.05) is 13.2 Å². The summed E-state index contributed by atoms with van der Waals surface area (Å²) in [5.74, 6) is 1.21. The maximum absolute atomic E-state index is 12.3. The minimum absolute atomic E-state index is 0.116. The minimum atomic E-state index is -0.561. The van der Waals surface area contributed by atoms with Crippen LogP contribution in [0.5, 0.6) is 11.5 Å². The standard InChI is InChI=1S/C22H28ClNO3/c1-5-20(27-19-8-6-7-17(23)15-19)21(25)24-13-14-26-18-11-9-16(10-12-18)22(2,3)4/h6-12,15,20H,5,13-14H2,1-4H3,(H,24,25)/t20-/m1/s1. The van der Waals surface area contributed by atoms with Gasteiger partial charge < -0.3 is 14.8 Å². The number of nitrogens with one attached hydrogen (secondary N) is 1. The number of benzene rings is 2. The highest BCUT2D eigenvalue weighted by atomic mass is 35.5. The molecule has 0 heterocycles. The van der Waals surface area contributed by atoms with E-state index in [4.69, 9.17) is 21.1 Å². The maximum atomic E-state index is 12.3. The Bertz CT molecular complexity index is 738. The molecule has 0 aromatic heterocycles. The molecule has 0 spiro atoms. The third kappa shape index (κ3) is 6.79. The predicted molar refractivity (Wildman–Crippen MR) is 110 cm³/mol. The fourth-order valence-electron chi connectivity index (χ4n) is 2.53. The Morgan fingerprint density at radius 1 is 1.11 bits per heavy atom. The number of hydrogen-bond donors (Lipinski definition) is 1. The van der Waals surface area contributed by atoms with E-state index in [2.05, 4.69) is 38.2 Å². The van der Waals surface area contributed by atoms with Crippen molar-refractivity contribution >= 4 is 17.5 Å². The molecule has 0 aliphatic heterocycles. The fourth-order valence-corrected chi connectivity index (χ4v) is 2.72. The fraction of sp³-hybridized carbons (Fsp3) is 0.409. The number of carbonyl (C=O) groups is 1. The van der Waals surface area contributed by atoms with E-state index in [1.54, 1.807) is 24.3 Å². The van der Waals surface area contributed by atoms with Crippen molar-refractivity contribution in [3.63, 3.8) is 0 Å². The molecular formula is C22H28ClNO3. The number of hydrogen-bond acceptors (Lipinski definition) is 3. The molecule has 2 rings (SSSR count). The second-order valence-electron chi connectivity index (χ2n) is 7.39. The molecule has 1 N–H and O–H groups in total. The van der Waals surface area contributed by atoms with Crippen LogP contribution in [0.25, 0.3) is 0 Å². The molecular weight excluding hydrogens is 362 g/mol. The van der Waals surface area contributed by atoms with Crippen LogP contribution in [-0.2, 0) is 10.2 Å². The van der Waals surface area contributed by atoms with Gasteiger partial charge in [0.2, 0.25) is 0 Å². The Morgan fingerprint density at radius 3 is 2.41 bits per heavy atom. The van der Waals surface area contributed by atoms with Gasteiger partial charge in [-0.2, -0.15) is 0 Å². The molecule has 0 aliphatic carbocycles. The molecule has 4 nitrogen and oxygen atoms in total. The summed E-state index contributed by atoms with van der Waals surface area (Å²) in [6.45, 7) is 9.24. The first-order valence-electron chi connectivity index (χ1n) is 9.23. The zero-order valence-electron chi connectivity index (χ0n) is 16.4. The average molecular weight is 390 g/mol. The van der Waals surface area contributed by atoms with Gasteiger partial charge in [0.25, 0.3) is 5.91 Å². The van der Waals surface area contributed by atoms with Crippen LogP contribution in [0.1, 0.15) is 39.7 Å². The molecule has 0 unspecified atom stereocenters. The third-order valence-corrected chi connectivity index (χ3v) is 4.36. The lowest BCUT2D eigenvalue weighted by molar-refractivity contribution is -0.128. The van der Waals surface area contributed by atoms with Gasteiger partial charge in [-0.25, -0.2) is 0 Å². The summed E-state index contributed by atoms with van der Waals surface area (Å²) in [6.07, 6.45) is 0.00235. The highest BCUT2D eigenvalue weighted by Gasteiger charge is 2.18. The first-order valence-corrected chi connectivity index (χ1v) is 9.60. The highest BCUT2D eigenvalue weighted by Crippen LogP contribution is 2.24. The summed E-state index contributed by atoms with van der Waals surface area (Å²) in [4.78, 5) is 12.3. The van der Waals surface area contributed by atoms with Gasteiger partial charge in [-0.05, 0) is 47.7 Å². The lowest BCUT2D eigenvalue weighted by atomic mass is 9.87. The van der Waals surface area contributed by atoms with E-state index in [0.29, 0.717) is 30.3 Å². The van der Waals surface area contributed by atoms with Gasteiger partial charge in [-0.15, -0.1) is 0 Å². The van der Waals surface area contributed by atoms with E-state index in [1.807, 2.05) is 19.1 Å². The number of rotatable bonds is 8. The van der Waals surface area contributed by atoms with E-state index in [-0.39, 0.29) is 11.3 Å². The van der Waals surface area contributed by atoms with Crippen molar-refractivity contribution in [2.45, 2.75) is 45.6 Å². The Hall–Kier alpha value is -2.20. The smallest absolute Gasteiger partial charge is 0.261 e. The van der Waals surface area contributed by atoms with Gasteiger partial charge in [0.1, 0.15) is 18.1 Å². The number of carbonyl (C=O) groups excluding carboxylic acids is 1. The second-order valence-corrected chi connectivity index (χ2v) is 7.82. The molecule has 2 aromatic carbocycles. The van der Waals surface area contributed by atoms with Crippen LogP contribution >= 0.6 is 11.6 Å². The van der Waals surface area contributed by atoms with Crippen LogP contribution in [0.2, 0.25) is 5.02 Å². The summed E-state index contributed by atoms with van der Waals surface area (Å²) < 4.78 is 11.4. The Labute approximate surface area is 166 Å². The van der Waals surface area contributed by atoms with E-state index < -0.39 is 6.10 Å². The minimum Gasteiger partial charge on any atom is -0.492 e. The van der Waals surface area contributed by atoms with E-state index in [0.717, 1.165) is 5.75 Å². The monoisotopic (exact) mass is 389 g/mol. The van der Waals surface area contributed by atoms with Gasteiger partial charge in [0, 0.05) is 5.02 Å². The molecule has 0 aliphatic rings. The molecule has 27 heavy (non-hydrogen) atoms. The third-order valence-electron chi connectivity index (χ3n) is 4.13. The van der Waals surface area contributed by atoms with Crippen LogP contribution in [0.15, 0.2) is 48.5 Å². The summed E-state index contributed by atoms with van der Waals surface area (Å²) in [5.41, 5.74) is 1.37. The summed E-state index contributed by atoms with van der Waals surface area (Å²) in [6, 6.07) is 15.1. The molecule has 0 radical (unpaired) electrons. The Morgan fingerprint density at radius 2 is 1.81 bits per heavy atom. The van der Waals surface area contributed by atoms with Crippen LogP contribution in [0, 0.1) is 0 Å². The van der Waals surface area contributed by atoms with E-state index >= 15 is 0 Å². The molecule has 0 saturated carbocycles. The predicted octanol–water partition coefficient (Wildman–Crippen LogP) is 4.99. The summed E-state index contributed by atoms with van der Waals surface area (Å²) >= 11 is 5.95. The SMILES string of the molecule is CC[C@@H](Oc1cccc(Cl)c1)C(=O)NCCOc1ccc(C(C)(C)C)cc1. The largest absolute Gasteiger partial charge is 0.492 e. The van der Waals surface area contributed by atoms with E-state index in [1.165, 1.54) is 5.56 Å². The van der Waals surface area contributed by atoms with Crippen molar-refractivity contribution in [3.05, 3.63) is 59.1 Å². The van der Waals surface area contributed by atoms with Crippen molar-refractivity contribution in [3.8, 4) is 11.5 Å². The quantitative estimate of drug-likeness (QED) is 0.647. The molecule has 2 aromatic rings. The first kappa shape index (κ1) is 21.1. The van der Waals surface area contributed by atoms with E-state index in [9.17, 15) is 4.79 Å². The molecule has 0 saturated heterocycles. The lowest BCUT2D eigenvalue weighted by Gasteiger charge is -2.19. The molecule has 0 bridgehead atoms. The zero-order valence-corrected chi connectivity index (χ0v) is 17.2. The van der Waals surface area contributed by atoms with Crippen LogP contribution in [-0.4, -0.2) is 25.2 Å². The number of ether oxygens (including phenoxy) is 2. The second kappa shape index (κ2) is 9.65. The molecule has 0 fully saturated rings. The van der Waals surface area contributed by atoms with Crippen molar-refractivity contribution in [2.24, 2.45) is 0 Å². The molecule has 1 atom stereocenters. The molecule has 1 amide bonds. The van der Waals surface area contributed by atoms with Crippen LogP contribution in [0.3, 0.4) is 0 Å². The van der Waals surface area contributed by atoms with Gasteiger partial charge in [-0.3, -0.25) is 4.79 Å². The maximum Gasteiger partial charge on any atom is 0.261 e. The highest BCUT2D eigenvalue weighted by molar-refractivity contribution is 6.30. The summed E-state index contributed by atoms with van der Waals surface area (Å²) in [7, 11) is 0. The molecule has 5 heteroatoms. The Balaban J connectivity index is 1.77. The normalized spacial score (nSPS) is 12.3. The van der Waals surface area contributed by atoms with Crippen molar-refractivity contribution in [1.82, 2.24) is 5.32 Å². The number of halogens is 1. The topological polar surface area (TPSA) is 47.6 Å². The van der Waals surface area contributed by atoms with Gasteiger partial charge in [0.05, 0.1) is 6.54 Å². The van der Waals surface area contributed by atoms with Crippen LogP contribution < -0.4 is 14.8 Å². The first-order chi connectivity index (χ1) is 12.8. The number of amides is 1. The van der Waals surface area contributed by atoms with Crippen molar-refractivity contribution in [1.29, 1.82) is 0 Å². The molecule has 146 valence electrons.